The van der Waals surface area contributed by atoms with E-state index in [1.807, 2.05) is 0 Å². The standard InChI is InChI=1S/C21H42N8O6/c1-3-12(2)16(20(34)35)29-18(32)14(8-4-5-9-22)27-19(33)15(11-30)28-17(31)13(23)7-6-10-26-21(24)25/h12-16,30H,3-11,22-23H2,1-2H3,(H,27,33)(H,28,31)(H,29,32)(H,34,35)(H4,24,25,26). The first-order valence-electron chi connectivity index (χ1n) is 11.7. The van der Waals surface area contributed by atoms with Gasteiger partial charge in [0.05, 0.1) is 12.6 Å². The molecule has 13 N–H and O–H groups in total. The van der Waals surface area contributed by atoms with Gasteiger partial charge in [-0.1, -0.05) is 20.3 Å². The van der Waals surface area contributed by atoms with E-state index >= 15 is 0 Å². The van der Waals surface area contributed by atoms with E-state index in [-0.39, 0.29) is 31.3 Å². The number of unbranched alkanes of at least 4 members (excludes halogenated alkanes) is 1. The van der Waals surface area contributed by atoms with Crippen molar-refractivity contribution >= 4 is 29.7 Å². The lowest BCUT2D eigenvalue weighted by molar-refractivity contribution is -0.144. The molecule has 0 bridgehead atoms. The summed E-state index contributed by atoms with van der Waals surface area (Å²) in [5.74, 6) is -3.76. The highest BCUT2D eigenvalue weighted by molar-refractivity contribution is 5.94. The van der Waals surface area contributed by atoms with E-state index in [1.165, 1.54) is 0 Å². The fraction of sp³-hybridized carbons (Fsp3) is 0.762. The third-order valence-corrected chi connectivity index (χ3v) is 5.48. The molecule has 0 aromatic heterocycles. The highest BCUT2D eigenvalue weighted by Gasteiger charge is 2.31. The number of carboxylic acids is 1. The topological polar surface area (TPSA) is 261 Å². The number of carbonyl (C=O) groups is 4. The van der Waals surface area contributed by atoms with Crippen LogP contribution in [0.5, 0.6) is 0 Å². The van der Waals surface area contributed by atoms with Crippen LogP contribution in [0.2, 0.25) is 0 Å². The normalized spacial score (nSPS) is 15.1. The summed E-state index contributed by atoms with van der Waals surface area (Å²) in [6.45, 7) is 3.41. The predicted molar refractivity (Wildman–Crippen MR) is 131 cm³/mol. The molecular weight excluding hydrogens is 460 g/mol. The Labute approximate surface area is 205 Å². The molecule has 0 aromatic carbocycles. The van der Waals surface area contributed by atoms with E-state index in [1.54, 1.807) is 13.8 Å². The van der Waals surface area contributed by atoms with Crippen molar-refractivity contribution in [3.63, 3.8) is 0 Å². The number of amides is 3. The molecule has 0 spiro atoms. The van der Waals surface area contributed by atoms with Crippen LogP contribution in [0.4, 0.5) is 0 Å². The quantitative estimate of drug-likeness (QED) is 0.0523. The Morgan fingerprint density at radius 1 is 0.914 bits per heavy atom. The highest BCUT2D eigenvalue weighted by Crippen LogP contribution is 2.10. The van der Waals surface area contributed by atoms with Crippen molar-refractivity contribution in [3.8, 4) is 0 Å². The lowest BCUT2D eigenvalue weighted by atomic mass is 9.98. The van der Waals surface area contributed by atoms with Gasteiger partial charge in [0, 0.05) is 6.54 Å². The van der Waals surface area contributed by atoms with Crippen LogP contribution in [0.15, 0.2) is 4.99 Å². The molecular formula is C21H42N8O6. The summed E-state index contributed by atoms with van der Waals surface area (Å²) in [4.78, 5) is 53.3. The van der Waals surface area contributed by atoms with Gasteiger partial charge < -0.3 is 49.1 Å². The molecule has 14 nitrogen and oxygen atoms in total. The van der Waals surface area contributed by atoms with Crippen molar-refractivity contribution in [3.05, 3.63) is 0 Å². The third-order valence-electron chi connectivity index (χ3n) is 5.48. The van der Waals surface area contributed by atoms with E-state index < -0.39 is 54.5 Å². The fourth-order valence-electron chi connectivity index (χ4n) is 3.09. The molecule has 0 radical (unpaired) electrons. The number of hydrogen-bond donors (Lipinski definition) is 9. The molecule has 0 aliphatic heterocycles. The number of nitrogens with zero attached hydrogens (tertiary/aromatic N) is 1. The van der Waals surface area contributed by atoms with Gasteiger partial charge in [-0.25, -0.2) is 4.79 Å². The molecule has 35 heavy (non-hydrogen) atoms. The number of carboxylic acid groups (broad SMARTS) is 1. The van der Waals surface area contributed by atoms with Crippen LogP contribution in [0, 0.1) is 5.92 Å². The van der Waals surface area contributed by atoms with Gasteiger partial charge in [-0.15, -0.1) is 0 Å². The zero-order valence-corrected chi connectivity index (χ0v) is 20.5. The number of rotatable bonds is 18. The lowest BCUT2D eigenvalue weighted by Crippen LogP contribution is -2.58. The number of aliphatic hydroxyl groups excluding tert-OH is 1. The van der Waals surface area contributed by atoms with Crippen LogP contribution >= 0.6 is 0 Å². The van der Waals surface area contributed by atoms with Gasteiger partial charge in [0.2, 0.25) is 17.7 Å². The monoisotopic (exact) mass is 502 g/mol. The number of aliphatic carboxylic acids is 1. The Morgan fingerprint density at radius 2 is 1.51 bits per heavy atom. The maximum Gasteiger partial charge on any atom is 0.326 e. The second-order valence-corrected chi connectivity index (χ2v) is 8.35. The number of aliphatic hydroxyl groups is 1. The van der Waals surface area contributed by atoms with Gasteiger partial charge in [0.1, 0.15) is 18.1 Å². The van der Waals surface area contributed by atoms with Crippen LogP contribution in [-0.2, 0) is 19.2 Å². The molecule has 0 aliphatic carbocycles. The molecule has 5 unspecified atom stereocenters. The first-order chi connectivity index (χ1) is 16.5. The van der Waals surface area contributed by atoms with E-state index in [0.717, 1.165) is 0 Å². The predicted octanol–water partition coefficient (Wildman–Crippen LogP) is -2.93. The van der Waals surface area contributed by atoms with Crippen molar-refractivity contribution in [2.24, 2.45) is 33.8 Å². The largest absolute Gasteiger partial charge is 0.480 e. The van der Waals surface area contributed by atoms with Gasteiger partial charge in [-0.3, -0.25) is 19.4 Å². The third kappa shape index (κ3) is 12.9. The molecule has 0 aliphatic rings. The Hall–Kier alpha value is -2.97. The summed E-state index contributed by atoms with van der Waals surface area (Å²) < 4.78 is 0. The van der Waals surface area contributed by atoms with Gasteiger partial charge in [-0.05, 0) is 44.6 Å². The molecule has 0 aromatic rings. The Balaban J connectivity index is 5.21. The van der Waals surface area contributed by atoms with Crippen molar-refractivity contribution in [1.82, 2.24) is 16.0 Å². The second-order valence-electron chi connectivity index (χ2n) is 8.35. The van der Waals surface area contributed by atoms with Crippen molar-refractivity contribution in [1.29, 1.82) is 0 Å². The minimum atomic E-state index is -1.36. The average Bonchev–Trinajstić information content (AvgIpc) is 2.81. The Kier molecular flexibility index (Phi) is 16.0. The van der Waals surface area contributed by atoms with E-state index in [0.29, 0.717) is 32.2 Å². The number of hydrogen-bond acceptors (Lipinski definition) is 8. The maximum absolute atomic E-state index is 12.8. The molecule has 0 rings (SSSR count). The second kappa shape index (κ2) is 17.5. The van der Waals surface area contributed by atoms with Crippen LogP contribution in [0.1, 0.15) is 52.4 Å². The van der Waals surface area contributed by atoms with Crippen molar-refractivity contribution in [2.45, 2.75) is 76.5 Å². The van der Waals surface area contributed by atoms with E-state index in [9.17, 15) is 29.4 Å². The zero-order chi connectivity index (χ0) is 27.0. The summed E-state index contributed by atoms with van der Waals surface area (Å²) in [6, 6.07) is -4.55. The summed E-state index contributed by atoms with van der Waals surface area (Å²) in [7, 11) is 0. The highest BCUT2D eigenvalue weighted by atomic mass is 16.4. The molecule has 5 atom stereocenters. The molecule has 0 fully saturated rings. The van der Waals surface area contributed by atoms with Crippen molar-refractivity contribution < 1.29 is 29.4 Å². The smallest absolute Gasteiger partial charge is 0.326 e. The number of nitrogens with two attached hydrogens (primary N) is 4. The number of nitrogens with one attached hydrogen (secondary N) is 3. The van der Waals surface area contributed by atoms with E-state index in [2.05, 4.69) is 20.9 Å². The minimum Gasteiger partial charge on any atom is -0.480 e. The van der Waals surface area contributed by atoms with Gasteiger partial charge in [0.15, 0.2) is 5.96 Å². The van der Waals surface area contributed by atoms with Crippen molar-refractivity contribution in [2.75, 3.05) is 19.7 Å². The van der Waals surface area contributed by atoms with Crippen LogP contribution in [0.25, 0.3) is 0 Å². The summed E-state index contributed by atoms with van der Waals surface area (Å²) in [5, 5.41) is 26.4. The van der Waals surface area contributed by atoms with Gasteiger partial charge >= 0.3 is 5.97 Å². The number of carbonyl (C=O) groups excluding carboxylic acids is 3. The summed E-state index contributed by atoms with van der Waals surface area (Å²) in [6.07, 6.45) is 2.45. The first-order valence-corrected chi connectivity index (χ1v) is 11.7. The lowest BCUT2D eigenvalue weighted by Gasteiger charge is -2.26. The van der Waals surface area contributed by atoms with Crippen LogP contribution < -0.4 is 38.9 Å². The average molecular weight is 503 g/mol. The summed E-state index contributed by atoms with van der Waals surface area (Å²) >= 11 is 0. The molecule has 0 saturated heterocycles. The van der Waals surface area contributed by atoms with Gasteiger partial charge in [-0.2, -0.15) is 0 Å². The Bertz CT molecular complexity index is 716. The molecule has 202 valence electrons. The zero-order valence-electron chi connectivity index (χ0n) is 20.5. The molecule has 0 heterocycles. The summed E-state index contributed by atoms with van der Waals surface area (Å²) in [5.41, 5.74) is 21.8. The number of aliphatic imine (C=N–C) groups is 1. The van der Waals surface area contributed by atoms with Gasteiger partial charge in [0.25, 0.3) is 0 Å². The Morgan fingerprint density at radius 3 is 2.03 bits per heavy atom. The molecule has 0 saturated carbocycles. The van der Waals surface area contributed by atoms with E-state index in [4.69, 9.17) is 22.9 Å². The van der Waals surface area contributed by atoms with Crippen LogP contribution in [0.3, 0.4) is 0 Å². The minimum absolute atomic E-state index is 0.0797. The molecule has 14 heteroatoms. The fourth-order valence-corrected chi connectivity index (χ4v) is 3.09. The molecule has 3 amide bonds. The number of guanidine groups is 1. The first kappa shape index (κ1) is 32.0. The van der Waals surface area contributed by atoms with Crippen LogP contribution in [-0.4, -0.2) is 83.7 Å². The SMILES string of the molecule is CCC(C)C(NC(=O)C(CCCCN)NC(=O)C(CO)NC(=O)C(N)CCCN=C(N)N)C(=O)O. The maximum atomic E-state index is 12.8.